The van der Waals surface area contributed by atoms with Gasteiger partial charge in [0.2, 0.25) is 0 Å². The molecule has 0 atom stereocenters. The molecule has 0 N–H and O–H groups in total. The van der Waals surface area contributed by atoms with Crippen LogP contribution in [0.2, 0.25) is 0 Å². The Bertz CT molecular complexity index is 3050. The minimum Gasteiger partial charge on any atom is -1.00 e. The molecule has 0 radical (unpaired) electrons. The fourth-order valence-corrected chi connectivity index (χ4v) is 5.16. The average Bonchev–Trinajstić information content (AvgIpc) is 3.41. The fourth-order valence-electron chi connectivity index (χ4n) is 5.16. The Kier molecular flexibility index (Phi) is 34.7. The molecule has 10 aromatic heterocycles. The average molecular weight is 1660 g/mol. The van der Waals surface area contributed by atoms with E-state index in [0.717, 1.165) is 45.6 Å². The number of rotatable bonds is 6. The Morgan fingerprint density at radius 2 is 0.330 bits per heavy atom. The Labute approximate surface area is 549 Å². The van der Waals surface area contributed by atoms with Gasteiger partial charge in [-0.05, 0) is 97.1 Å². The van der Waals surface area contributed by atoms with Gasteiger partial charge < -0.3 is 49.6 Å². The summed E-state index contributed by atoms with van der Waals surface area (Å²) < 4.78 is 178. The van der Waals surface area contributed by atoms with Crippen molar-refractivity contribution >= 4 is 23.4 Å². The minimum absolute atomic E-state index is 0. The molecule has 0 spiro atoms. The van der Waals surface area contributed by atoms with E-state index in [2.05, 4.69) is 69.8 Å². The van der Waals surface area contributed by atoms with Crippen LogP contribution in [-0.2, 0) is 58.4 Å². The molecule has 88 heavy (non-hydrogen) atoms. The molecule has 482 valence electrons. The van der Waals surface area contributed by atoms with E-state index in [1.807, 2.05) is 109 Å². The first-order valence-corrected chi connectivity index (χ1v) is 27.6. The van der Waals surface area contributed by atoms with Gasteiger partial charge in [0.15, 0.2) is 23.3 Å². The van der Waals surface area contributed by atoms with Crippen molar-refractivity contribution in [2.75, 3.05) is 0 Å². The van der Waals surface area contributed by atoms with Gasteiger partial charge >= 0.3 is 157 Å². The van der Waals surface area contributed by atoms with Crippen LogP contribution >= 0.6 is 23.4 Å². The second kappa shape index (κ2) is 34.5. The van der Waals surface area contributed by atoms with E-state index >= 15 is 0 Å². The van der Waals surface area contributed by atoms with Crippen LogP contribution in [-0.4, -0.2) is 69.8 Å². The molecule has 0 unspecified atom stereocenters. The third-order valence-electron chi connectivity index (χ3n) is 7.87. The quantitative estimate of drug-likeness (QED) is 0.101. The maximum atomic E-state index is 9.87. The van der Waals surface area contributed by atoms with Gasteiger partial charge in [-0.25, -0.2) is 49.8 Å². The van der Waals surface area contributed by atoms with E-state index in [0.29, 0.717) is 23.3 Å². The summed E-state index contributed by atoms with van der Waals surface area (Å²) in [4.78, 5) is 58.5. The Hall–Kier alpha value is -5.72. The van der Waals surface area contributed by atoms with Crippen LogP contribution in [0.3, 0.4) is 0 Å². The predicted octanol–water partition coefficient (Wildman–Crippen LogP) is 6.43. The van der Waals surface area contributed by atoms with E-state index in [9.17, 15) is 75.5 Å². The zero-order valence-electron chi connectivity index (χ0n) is 42.6. The standard InChI is InChI=1S/2C15H11N3.2C8H6N4.4ClH.3F6P.Rh.2Ru/c2*1-3-10-16-12(6-1)14-8-5-9-15(18-14)13-7-2-4-11-17-13;2*1-3-9-7(10-4-1)8-11-5-2-6-12-8;;;;;3*1-7(2,3,4,5)6;;;/h2*1-11H;2*1-6H;4*1H;;;;;;/q;;;;;;;;3*-1;+3;2*+2/p-4. The molecular weight excluding hydrogens is 1630 g/mol. The topological polar surface area (TPSA) is 180 Å². The zero-order valence-corrected chi connectivity index (χ0v) is 53.4. The number of hydrogen-bond acceptors (Lipinski definition) is 14. The molecule has 0 saturated carbocycles. The smallest absolute Gasteiger partial charge is 1.00 e. The summed E-state index contributed by atoms with van der Waals surface area (Å²) in [5.74, 6) is 2.22. The second-order valence-electron chi connectivity index (χ2n) is 14.8. The van der Waals surface area contributed by atoms with Crippen LogP contribution in [0.4, 0.5) is 75.5 Å². The molecule has 42 heteroatoms. The molecule has 0 saturated heterocycles. The van der Waals surface area contributed by atoms with E-state index in [1.165, 1.54) is 0 Å². The third kappa shape index (κ3) is 48.2. The van der Waals surface area contributed by atoms with Crippen molar-refractivity contribution in [2.24, 2.45) is 0 Å². The molecule has 0 aliphatic rings. The molecule has 10 heterocycles. The van der Waals surface area contributed by atoms with E-state index in [1.54, 1.807) is 98.6 Å². The van der Waals surface area contributed by atoms with Crippen molar-refractivity contribution in [2.45, 2.75) is 0 Å². The van der Waals surface area contributed by atoms with Gasteiger partial charge in [-0.1, -0.05) is 36.4 Å². The zero-order chi connectivity index (χ0) is 60.1. The van der Waals surface area contributed by atoms with Gasteiger partial charge in [-0.3, -0.25) is 19.9 Å². The van der Waals surface area contributed by atoms with Crippen LogP contribution in [0.1, 0.15) is 0 Å². The van der Waals surface area contributed by atoms with E-state index in [-0.39, 0.29) is 108 Å². The molecule has 0 aromatic carbocycles. The number of pyridine rings is 6. The van der Waals surface area contributed by atoms with Crippen LogP contribution < -0.4 is 49.6 Å². The molecular formula is C46H34Cl4F18N14P3RhRu2. The maximum absolute atomic E-state index is 10.7. The van der Waals surface area contributed by atoms with Crippen molar-refractivity contribution in [1.82, 2.24) is 69.8 Å². The van der Waals surface area contributed by atoms with Gasteiger partial charge in [0.1, 0.15) is 0 Å². The maximum Gasteiger partial charge on any atom is 3.00 e. The fraction of sp³-hybridized carbons (Fsp3) is 0. The number of aromatic nitrogens is 14. The first-order valence-electron chi connectivity index (χ1n) is 21.5. The molecule has 0 amide bonds. The first-order chi connectivity index (χ1) is 37.1. The summed E-state index contributed by atoms with van der Waals surface area (Å²) in [5.41, 5.74) is 6.92. The van der Waals surface area contributed by atoms with Crippen molar-refractivity contribution in [1.29, 1.82) is 0 Å². The van der Waals surface area contributed by atoms with Crippen molar-refractivity contribution in [3.63, 3.8) is 0 Å². The van der Waals surface area contributed by atoms with Crippen molar-refractivity contribution in [3.05, 3.63) is 208 Å². The van der Waals surface area contributed by atoms with Crippen LogP contribution in [0.15, 0.2) is 208 Å². The third-order valence-corrected chi connectivity index (χ3v) is 7.87. The van der Waals surface area contributed by atoms with Gasteiger partial charge in [0.05, 0.1) is 45.6 Å². The van der Waals surface area contributed by atoms with Crippen LogP contribution in [0, 0.1) is 0 Å². The van der Waals surface area contributed by atoms with E-state index in [4.69, 9.17) is 0 Å². The minimum atomic E-state index is -10.7. The molecule has 14 nitrogen and oxygen atoms in total. The molecule has 0 aliphatic carbocycles. The summed E-state index contributed by atoms with van der Waals surface area (Å²) in [5, 5.41) is 0. The number of hydrogen-bond donors (Lipinski definition) is 0. The largest absolute Gasteiger partial charge is 3.00 e. The molecule has 10 rings (SSSR count). The Morgan fingerprint density at radius 3 is 0.466 bits per heavy atom. The van der Waals surface area contributed by atoms with Gasteiger partial charge in [0, 0.05) is 74.4 Å². The number of halogens is 22. The van der Waals surface area contributed by atoms with Gasteiger partial charge in [0.25, 0.3) is 0 Å². The summed E-state index contributed by atoms with van der Waals surface area (Å²) in [7, 11) is -32.0. The van der Waals surface area contributed by atoms with Crippen LogP contribution in [0.25, 0.3) is 68.8 Å². The summed E-state index contributed by atoms with van der Waals surface area (Å²) >= 11 is 0. The molecule has 10 aromatic rings. The molecule has 0 aliphatic heterocycles. The Morgan fingerprint density at radius 1 is 0.193 bits per heavy atom. The molecule has 0 bridgehead atoms. The Balaban J connectivity index is -0.000000477. The van der Waals surface area contributed by atoms with Crippen molar-refractivity contribution in [3.8, 4) is 68.8 Å². The van der Waals surface area contributed by atoms with Crippen LogP contribution in [0.5, 0.6) is 0 Å². The first kappa shape index (κ1) is 88.7. The monoisotopic (exact) mass is 1660 g/mol. The van der Waals surface area contributed by atoms with E-state index < -0.39 is 23.4 Å². The normalized spacial score (nSPS) is 12.3. The second-order valence-corrected chi connectivity index (χ2v) is 20.6. The van der Waals surface area contributed by atoms with Gasteiger partial charge in [-0.15, -0.1) is 0 Å². The van der Waals surface area contributed by atoms with Gasteiger partial charge in [-0.2, -0.15) is 0 Å². The number of nitrogens with zero attached hydrogens (tertiary/aromatic N) is 14. The molecule has 0 fully saturated rings. The summed E-state index contributed by atoms with van der Waals surface area (Å²) in [6.45, 7) is 0. The SMILES string of the molecule is F[P-](F)(F)(F)(F)F.F[P-](F)(F)(F)(F)F.F[P-](F)(F)(F)(F)F.[Cl-].[Cl-].[Cl-].[Cl-].[Rh+3].[Ru+2].[Ru+2].c1ccc(-c2cccc(-c3ccccn3)n2)nc1.c1ccc(-c2cccc(-c3ccccn3)n2)nc1.c1cnc(-c2ncccn2)nc1.c1cnc(-c2ncccn2)nc1. The summed E-state index contributed by atoms with van der Waals surface area (Å²) in [6, 6.07) is 42.0. The predicted molar refractivity (Wildman–Crippen MR) is 268 cm³/mol. The summed E-state index contributed by atoms with van der Waals surface area (Å²) in [6.07, 6.45) is 20.4. The van der Waals surface area contributed by atoms with Crippen molar-refractivity contribution < 1.29 is 184 Å².